The molecule has 0 aliphatic rings. The summed E-state index contributed by atoms with van der Waals surface area (Å²) in [6.07, 6.45) is 3.65. The zero-order valence-corrected chi connectivity index (χ0v) is 13.0. The number of hydrogen-bond donors (Lipinski definition) is 1. The van der Waals surface area contributed by atoms with Gasteiger partial charge >= 0.3 is 0 Å². The Morgan fingerprint density at radius 2 is 2.05 bits per heavy atom. The summed E-state index contributed by atoms with van der Waals surface area (Å²) in [6, 6.07) is 7.36. The van der Waals surface area contributed by atoms with Gasteiger partial charge in [-0.3, -0.25) is 0 Å². The van der Waals surface area contributed by atoms with Gasteiger partial charge in [-0.25, -0.2) is 9.37 Å². The largest absolute Gasteiger partial charge is 0.305 e. The lowest BCUT2D eigenvalue weighted by atomic mass is 10.1. The first-order valence-electron chi connectivity index (χ1n) is 7.04. The standard InChI is InChI=1S/C16H21FN2S/c1-4-14-10-18-16(20-14)12(3)19-11(2)9-13-7-5-6-8-15(13)17/h5-8,10-12,19H,4,9H2,1-3H3. The van der Waals surface area contributed by atoms with Crippen molar-refractivity contribution in [3.8, 4) is 0 Å². The summed E-state index contributed by atoms with van der Waals surface area (Å²) in [5.41, 5.74) is 0.757. The Bertz CT molecular complexity index is 553. The Kier molecular flexibility index (Phi) is 5.26. The normalized spacial score (nSPS) is 14.2. The van der Waals surface area contributed by atoms with Crippen LogP contribution in [0.1, 0.15) is 42.3 Å². The molecule has 0 radical (unpaired) electrons. The molecule has 0 saturated carbocycles. The number of halogens is 1. The van der Waals surface area contributed by atoms with Gasteiger partial charge in [0, 0.05) is 17.1 Å². The first-order chi connectivity index (χ1) is 9.60. The topological polar surface area (TPSA) is 24.9 Å². The van der Waals surface area contributed by atoms with Crippen molar-refractivity contribution in [1.29, 1.82) is 0 Å². The van der Waals surface area contributed by atoms with Crippen LogP contribution in [0.15, 0.2) is 30.5 Å². The summed E-state index contributed by atoms with van der Waals surface area (Å²) in [7, 11) is 0. The van der Waals surface area contributed by atoms with Crippen molar-refractivity contribution in [2.45, 2.75) is 45.7 Å². The molecule has 0 aliphatic carbocycles. The molecule has 0 aliphatic heterocycles. The fraction of sp³-hybridized carbons (Fsp3) is 0.438. The Hall–Kier alpha value is -1.26. The number of hydrogen-bond acceptors (Lipinski definition) is 3. The quantitative estimate of drug-likeness (QED) is 0.866. The van der Waals surface area contributed by atoms with Gasteiger partial charge in [0.05, 0.1) is 6.04 Å². The molecule has 2 aromatic rings. The van der Waals surface area contributed by atoms with Crippen LogP contribution in [-0.4, -0.2) is 11.0 Å². The predicted molar refractivity (Wildman–Crippen MR) is 82.6 cm³/mol. The summed E-state index contributed by atoms with van der Waals surface area (Å²) in [5.74, 6) is -0.128. The van der Waals surface area contributed by atoms with Gasteiger partial charge in [-0.05, 0) is 38.3 Å². The molecule has 1 N–H and O–H groups in total. The lowest BCUT2D eigenvalue weighted by Gasteiger charge is -2.18. The summed E-state index contributed by atoms with van der Waals surface area (Å²) < 4.78 is 13.6. The van der Waals surface area contributed by atoms with Crippen LogP contribution in [0, 0.1) is 5.82 Å². The van der Waals surface area contributed by atoms with Crippen LogP contribution in [0.2, 0.25) is 0 Å². The minimum absolute atomic E-state index is 0.128. The van der Waals surface area contributed by atoms with Crippen molar-refractivity contribution in [1.82, 2.24) is 10.3 Å². The SMILES string of the molecule is CCc1cnc(C(C)NC(C)Cc2ccccc2F)s1. The number of aryl methyl sites for hydroxylation is 1. The van der Waals surface area contributed by atoms with Gasteiger partial charge < -0.3 is 5.32 Å². The second-order valence-electron chi connectivity index (χ2n) is 5.10. The van der Waals surface area contributed by atoms with Crippen LogP contribution in [0.5, 0.6) is 0 Å². The molecule has 1 aromatic heterocycles. The first kappa shape index (κ1) is 15.1. The molecule has 0 bridgehead atoms. The molecule has 1 heterocycles. The van der Waals surface area contributed by atoms with Gasteiger partial charge in [-0.2, -0.15) is 0 Å². The van der Waals surface area contributed by atoms with E-state index in [9.17, 15) is 4.39 Å². The molecular weight excluding hydrogens is 271 g/mol. The van der Waals surface area contributed by atoms with Crippen molar-refractivity contribution in [2.75, 3.05) is 0 Å². The monoisotopic (exact) mass is 292 g/mol. The molecule has 0 amide bonds. The number of nitrogens with zero attached hydrogens (tertiary/aromatic N) is 1. The highest BCUT2D eigenvalue weighted by molar-refractivity contribution is 7.11. The molecule has 20 heavy (non-hydrogen) atoms. The van der Waals surface area contributed by atoms with Crippen molar-refractivity contribution in [3.05, 3.63) is 51.7 Å². The third-order valence-electron chi connectivity index (χ3n) is 3.31. The van der Waals surface area contributed by atoms with Crippen molar-refractivity contribution < 1.29 is 4.39 Å². The average molecular weight is 292 g/mol. The van der Waals surface area contributed by atoms with Gasteiger partial charge in [-0.15, -0.1) is 11.3 Å². The van der Waals surface area contributed by atoms with Crippen LogP contribution >= 0.6 is 11.3 Å². The van der Waals surface area contributed by atoms with E-state index in [1.807, 2.05) is 18.3 Å². The summed E-state index contributed by atoms with van der Waals surface area (Å²) in [4.78, 5) is 5.75. The van der Waals surface area contributed by atoms with Crippen molar-refractivity contribution in [2.24, 2.45) is 0 Å². The van der Waals surface area contributed by atoms with Gasteiger partial charge in [-0.1, -0.05) is 25.1 Å². The highest BCUT2D eigenvalue weighted by atomic mass is 32.1. The number of benzene rings is 1. The van der Waals surface area contributed by atoms with Crippen LogP contribution in [0.3, 0.4) is 0 Å². The lowest BCUT2D eigenvalue weighted by molar-refractivity contribution is 0.468. The number of rotatable bonds is 6. The third-order valence-corrected chi connectivity index (χ3v) is 4.63. The second kappa shape index (κ2) is 6.95. The minimum Gasteiger partial charge on any atom is -0.305 e. The van der Waals surface area contributed by atoms with Crippen LogP contribution in [0.25, 0.3) is 0 Å². The average Bonchev–Trinajstić information content (AvgIpc) is 2.90. The number of aromatic nitrogens is 1. The van der Waals surface area contributed by atoms with Crippen LogP contribution < -0.4 is 5.32 Å². The van der Waals surface area contributed by atoms with E-state index >= 15 is 0 Å². The van der Waals surface area contributed by atoms with E-state index in [0.717, 1.165) is 17.0 Å². The Balaban J connectivity index is 1.94. The molecular formula is C16H21FN2S. The maximum atomic E-state index is 13.6. The van der Waals surface area contributed by atoms with Gasteiger partial charge in [0.15, 0.2) is 0 Å². The maximum absolute atomic E-state index is 13.6. The highest BCUT2D eigenvalue weighted by Crippen LogP contribution is 2.21. The van der Waals surface area contributed by atoms with E-state index in [-0.39, 0.29) is 17.9 Å². The third kappa shape index (κ3) is 3.87. The van der Waals surface area contributed by atoms with Crippen molar-refractivity contribution in [3.63, 3.8) is 0 Å². The summed E-state index contributed by atoms with van der Waals surface area (Å²) in [5, 5.41) is 4.59. The Morgan fingerprint density at radius 1 is 1.30 bits per heavy atom. The van der Waals surface area contributed by atoms with Crippen LogP contribution in [-0.2, 0) is 12.8 Å². The van der Waals surface area contributed by atoms with Crippen LogP contribution in [0.4, 0.5) is 4.39 Å². The van der Waals surface area contributed by atoms with Crippen molar-refractivity contribution >= 4 is 11.3 Å². The Labute approximate surface area is 124 Å². The first-order valence-corrected chi connectivity index (χ1v) is 7.85. The zero-order chi connectivity index (χ0) is 14.5. The highest BCUT2D eigenvalue weighted by Gasteiger charge is 2.14. The van der Waals surface area contributed by atoms with E-state index in [0.29, 0.717) is 6.42 Å². The van der Waals surface area contributed by atoms with E-state index in [1.54, 1.807) is 17.4 Å². The molecule has 1 aromatic carbocycles. The molecule has 2 atom stereocenters. The molecule has 2 rings (SSSR count). The molecule has 2 nitrogen and oxygen atoms in total. The zero-order valence-electron chi connectivity index (χ0n) is 12.2. The summed E-state index contributed by atoms with van der Waals surface area (Å²) in [6.45, 7) is 6.32. The van der Waals surface area contributed by atoms with E-state index < -0.39 is 0 Å². The number of nitrogens with one attached hydrogen (secondary N) is 1. The molecule has 0 fully saturated rings. The molecule has 4 heteroatoms. The van der Waals surface area contributed by atoms with Gasteiger partial charge in [0.1, 0.15) is 10.8 Å². The maximum Gasteiger partial charge on any atom is 0.126 e. The smallest absolute Gasteiger partial charge is 0.126 e. The van der Waals surface area contributed by atoms with Gasteiger partial charge in [0.25, 0.3) is 0 Å². The van der Waals surface area contributed by atoms with E-state index in [2.05, 4.69) is 31.1 Å². The second-order valence-corrected chi connectivity index (χ2v) is 6.25. The predicted octanol–water partition coefficient (Wildman–Crippen LogP) is 4.13. The summed E-state index contributed by atoms with van der Waals surface area (Å²) >= 11 is 1.74. The van der Waals surface area contributed by atoms with E-state index in [1.165, 1.54) is 10.9 Å². The molecule has 0 spiro atoms. The molecule has 0 saturated heterocycles. The lowest BCUT2D eigenvalue weighted by Crippen LogP contribution is -2.30. The Morgan fingerprint density at radius 3 is 2.70 bits per heavy atom. The molecule has 2 unspecified atom stereocenters. The van der Waals surface area contributed by atoms with Gasteiger partial charge in [0.2, 0.25) is 0 Å². The minimum atomic E-state index is -0.128. The fourth-order valence-corrected chi connectivity index (χ4v) is 3.11. The molecule has 108 valence electrons. The fourth-order valence-electron chi connectivity index (χ4n) is 2.24. The van der Waals surface area contributed by atoms with E-state index in [4.69, 9.17) is 0 Å². The number of thiazole rings is 1.